The van der Waals surface area contributed by atoms with Crippen LogP contribution in [0.15, 0.2) is 48.2 Å². The van der Waals surface area contributed by atoms with Crippen molar-refractivity contribution in [2.24, 2.45) is 0 Å². The number of phenolic OH excluding ortho intramolecular Hbond substituents is 2. The van der Waals surface area contributed by atoms with Crippen molar-refractivity contribution in [1.29, 1.82) is 0 Å². The van der Waals surface area contributed by atoms with Gasteiger partial charge in [0.1, 0.15) is 11.5 Å². The number of carbonyl (C=O) groups excluding carboxylic acids is 2. The van der Waals surface area contributed by atoms with Crippen LogP contribution in [0, 0.1) is 0 Å². The average Bonchev–Trinajstić information content (AvgIpc) is 3.18. The minimum Gasteiger partial charge on any atom is -0.504 e. The third-order valence-corrected chi connectivity index (χ3v) is 6.18. The number of aromatic hydroxyl groups is 2. The second-order valence-electron chi connectivity index (χ2n) is 8.23. The van der Waals surface area contributed by atoms with Gasteiger partial charge >= 0.3 is 5.97 Å². The molecular weight excluding hydrogens is 468 g/mol. The fourth-order valence-corrected chi connectivity index (χ4v) is 4.45. The molecule has 0 radical (unpaired) electrons. The molecule has 0 saturated heterocycles. The Balaban J connectivity index is 1.61. The maximum absolute atomic E-state index is 13.2. The van der Waals surface area contributed by atoms with E-state index in [0.29, 0.717) is 28.0 Å². The third-order valence-electron chi connectivity index (χ3n) is 6.18. The number of esters is 1. The molecule has 2 N–H and O–H groups in total. The van der Waals surface area contributed by atoms with E-state index in [-0.39, 0.29) is 52.5 Å². The summed E-state index contributed by atoms with van der Waals surface area (Å²) in [7, 11) is 4.27. The summed E-state index contributed by atoms with van der Waals surface area (Å²) in [6.07, 6.45) is 1.49. The van der Waals surface area contributed by atoms with E-state index < -0.39 is 11.9 Å². The number of rotatable bonds is 5. The van der Waals surface area contributed by atoms with Crippen LogP contribution in [0.25, 0.3) is 6.08 Å². The molecule has 3 aromatic rings. The highest BCUT2D eigenvalue weighted by Crippen LogP contribution is 2.51. The number of benzene rings is 3. The molecular formula is C27H22O9. The van der Waals surface area contributed by atoms with E-state index in [1.807, 2.05) is 0 Å². The molecule has 2 aliphatic rings. The molecule has 36 heavy (non-hydrogen) atoms. The van der Waals surface area contributed by atoms with Crippen molar-refractivity contribution in [2.45, 2.75) is 12.3 Å². The van der Waals surface area contributed by atoms with Crippen molar-refractivity contribution in [3.63, 3.8) is 0 Å². The topological polar surface area (TPSA) is 121 Å². The molecule has 2 heterocycles. The van der Waals surface area contributed by atoms with Gasteiger partial charge in [-0.25, -0.2) is 0 Å². The lowest BCUT2D eigenvalue weighted by atomic mass is 9.84. The number of phenols is 2. The average molecular weight is 490 g/mol. The maximum Gasteiger partial charge on any atom is 0.312 e. The van der Waals surface area contributed by atoms with Crippen molar-refractivity contribution in [3.05, 3.63) is 70.5 Å². The van der Waals surface area contributed by atoms with E-state index in [4.69, 9.17) is 23.7 Å². The van der Waals surface area contributed by atoms with Crippen LogP contribution in [0.3, 0.4) is 0 Å². The molecule has 0 fully saturated rings. The van der Waals surface area contributed by atoms with Gasteiger partial charge in [0.15, 0.2) is 28.8 Å². The van der Waals surface area contributed by atoms with E-state index in [0.717, 1.165) is 0 Å². The third kappa shape index (κ3) is 3.74. The first-order valence-electron chi connectivity index (χ1n) is 11.0. The molecule has 0 aliphatic carbocycles. The van der Waals surface area contributed by atoms with Crippen molar-refractivity contribution >= 4 is 17.8 Å². The summed E-state index contributed by atoms with van der Waals surface area (Å²) in [5, 5.41) is 20.4. The van der Waals surface area contributed by atoms with Crippen molar-refractivity contribution in [1.82, 2.24) is 0 Å². The number of methoxy groups -OCH3 is 3. The molecule has 0 aromatic heterocycles. The standard InChI is InChI=1S/C27H22O9/c1-32-18-6-4-13(8-17(18)28)9-22-25(30)15-5-7-19-24(27(15)36-22)16(12-23(29)35-19)14-10-20(33-2)26(31)21(11-14)34-3/h4-11,16,28,31H,12H2,1-3H3. The molecule has 5 rings (SSSR count). The molecule has 0 spiro atoms. The summed E-state index contributed by atoms with van der Waals surface area (Å²) in [5.41, 5.74) is 1.99. The SMILES string of the molecule is COc1ccc(C=C2Oc3c(ccc4c3C(c3cc(OC)c(O)c(OC)c3)CC(=O)O4)C2=O)cc1O. The van der Waals surface area contributed by atoms with E-state index in [9.17, 15) is 19.8 Å². The highest BCUT2D eigenvalue weighted by Gasteiger charge is 2.39. The molecule has 0 amide bonds. The van der Waals surface area contributed by atoms with Crippen LogP contribution in [0.1, 0.15) is 39.4 Å². The minimum atomic E-state index is -0.559. The summed E-state index contributed by atoms with van der Waals surface area (Å²) in [5.74, 6) is -0.332. The number of ether oxygens (including phenoxy) is 5. The second-order valence-corrected chi connectivity index (χ2v) is 8.23. The fraction of sp³-hybridized carbons (Fsp3) is 0.185. The van der Waals surface area contributed by atoms with Crippen LogP contribution in [0.2, 0.25) is 0 Å². The van der Waals surface area contributed by atoms with Gasteiger partial charge in [-0.15, -0.1) is 0 Å². The molecule has 2 aliphatic heterocycles. The second kappa shape index (κ2) is 8.84. The summed E-state index contributed by atoms with van der Waals surface area (Å²) in [6.45, 7) is 0. The lowest BCUT2D eigenvalue weighted by Gasteiger charge is -2.27. The van der Waals surface area contributed by atoms with Gasteiger partial charge in [0, 0.05) is 11.5 Å². The number of allylic oxidation sites excluding steroid dienone is 1. The number of ketones is 1. The Bertz CT molecular complexity index is 1410. The van der Waals surface area contributed by atoms with Crippen LogP contribution in [-0.4, -0.2) is 43.3 Å². The van der Waals surface area contributed by atoms with E-state index in [1.54, 1.807) is 36.4 Å². The first kappa shape index (κ1) is 23.1. The van der Waals surface area contributed by atoms with E-state index >= 15 is 0 Å². The first-order chi connectivity index (χ1) is 17.3. The fourth-order valence-electron chi connectivity index (χ4n) is 4.45. The molecule has 1 atom stereocenters. The Kier molecular flexibility index (Phi) is 5.68. The predicted molar refractivity (Wildman–Crippen MR) is 127 cm³/mol. The Hall–Kier alpha value is -4.66. The summed E-state index contributed by atoms with van der Waals surface area (Å²) >= 11 is 0. The predicted octanol–water partition coefficient (Wildman–Crippen LogP) is 4.18. The van der Waals surface area contributed by atoms with Crippen LogP contribution in [0.4, 0.5) is 0 Å². The van der Waals surface area contributed by atoms with Gasteiger partial charge in [-0.2, -0.15) is 0 Å². The Labute approximate surface area is 206 Å². The minimum absolute atomic E-state index is 0.0243. The number of carbonyl (C=O) groups is 2. The monoisotopic (exact) mass is 490 g/mol. The number of Topliss-reactive ketones (excluding diaryl/α,β-unsaturated/α-hetero) is 1. The normalized spacial score (nSPS) is 17.2. The Morgan fingerprint density at radius 1 is 0.889 bits per heavy atom. The van der Waals surface area contributed by atoms with Gasteiger partial charge in [0.25, 0.3) is 0 Å². The largest absolute Gasteiger partial charge is 0.504 e. The lowest BCUT2D eigenvalue weighted by molar-refractivity contribution is -0.135. The smallest absolute Gasteiger partial charge is 0.312 e. The van der Waals surface area contributed by atoms with Crippen LogP contribution < -0.4 is 23.7 Å². The zero-order chi connectivity index (χ0) is 25.6. The van der Waals surface area contributed by atoms with E-state index in [2.05, 4.69) is 0 Å². The molecule has 9 heteroatoms. The van der Waals surface area contributed by atoms with Crippen LogP contribution in [-0.2, 0) is 4.79 Å². The summed E-state index contributed by atoms with van der Waals surface area (Å²) < 4.78 is 27.1. The maximum atomic E-state index is 13.2. The molecule has 184 valence electrons. The zero-order valence-corrected chi connectivity index (χ0v) is 19.7. The van der Waals surface area contributed by atoms with Gasteiger partial charge < -0.3 is 33.9 Å². The molecule has 1 unspecified atom stereocenters. The van der Waals surface area contributed by atoms with Crippen molar-refractivity contribution < 1.29 is 43.5 Å². The number of fused-ring (bicyclic) bond motifs is 3. The highest BCUT2D eigenvalue weighted by molar-refractivity contribution is 6.15. The van der Waals surface area contributed by atoms with Gasteiger partial charge in [-0.3, -0.25) is 9.59 Å². The van der Waals surface area contributed by atoms with Gasteiger partial charge in [0.2, 0.25) is 11.5 Å². The molecule has 0 saturated carbocycles. The number of hydrogen-bond donors (Lipinski definition) is 2. The molecule has 3 aromatic carbocycles. The van der Waals surface area contributed by atoms with Crippen molar-refractivity contribution in [3.8, 4) is 40.2 Å². The first-order valence-corrected chi connectivity index (χ1v) is 11.0. The summed E-state index contributed by atoms with van der Waals surface area (Å²) in [6, 6.07) is 11.1. The van der Waals surface area contributed by atoms with Crippen molar-refractivity contribution in [2.75, 3.05) is 21.3 Å². The van der Waals surface area contributed by atoms with Gasteiger partial charge in [-0.1, -0.05) is 6.07 Å². The molecule has 0 bridgehead atoms. The van der Waals surface area contributed by atoms with E-state index in [1.165, 1.54) is 33.5 Å². The summed E-state index contributed by atoms with van der Waals surface area (Å²) in [4.78, 5) is 25.6. The van der Waals surface area contributed by atoms with Crippen LogP contribution >= 0.6 is 0 Å². The quantitative estimate of drug-likeness (QED) is 0.308. The van der Waals surface area contributed by atoms with Gasteiger partial charge in [0.05, 0.1) is 33.3 Å². The lowest BCUT2D eigenvalue weighted by Crippen LogP contribution is -2.21. The zero-order valence-electron chi connectivity index (χ0n) is 19.7. The number of hydrogen-bond acceptors (Lipinski definition) is 9. The molecule has 9 nitrogen and oxygen atoms in total. The Morgan fingerprint density at radius 2 is 1.58 bits per heavy atom. The van der Waals surface area contributed by atoms with Crippen LogP contribution in [0.5, 0.6) is 40.2 Å². The van der Waals surface area contributed by atoms with Gasteiger partial charge in [-0.05, 0) is 53.6 Å². The Morgan fingerprint density at radius 3 is 2.22 bits per heavy atom. The highest BCUT2D eigenvalue weighted by atomic mass is 16.5.